The van der Waals surface area contributed by atoms with Gasteiger partial charge < -0.3 is 5.11 Å². The van der Waals surface area contributed by atoms with Crippen molar-refractivity contribution in [3.05, 3.63) is 21.9 Å². The molecule has 6 nitrogen and oxygen atoms in total. The molecule has 0 aliphatic heterocycles. The normalized spacial score (nSPS) is 9.83. The van der Waals surface area contributed by atoms with E-state index in [0.29, 0.717) is 4.88 Å². The molecule has 0 bridgehead atoms. The summed E-state index contributed by atoms with van der Waals surface area (Å²) in [6.45, 7) is 1.81. The Morgan fingerprint density at radius 1 is 1.28 bits per heavy atom. The van der Waals surface area contributed by atoms with E-state index in [9.17, 15) is 14.4 Å². The van der Waals surface area contributed by atoms with Crippen LogP contribution in [0.4, 0.5) is 0 Å². The van der Waals surface area contributed by atoms with Crippen molar-refractivity contribution in [2.75, 3.05) is 0 Å². The summed E-state index contributed by atoms with van der Waals surface area (Å²) in [5.41, 5.74) is 5.38. The molecule has 0 radical (unpaired) electrons. The molecule has 7 heteroatoms. The van der Waals surface area contributed by atoms with E-state index in [1.165, 1.54) is 11.3 Å². The number of hydrogen-bond acceptors (Lipinski definition) is 4. The van der Waals surface area contributed by atoms with Crippen LogP contribution in [0.5, 0.6) is 0 Å². The number of carbonyl (C=O) groups is 3. The second-order valence-corrected chi connectivity index (χ2v) is 4.60. The van der Waals surface area contributed by atoms with Gasteiger partial charge in [0, 0.05) is 12.8 Å². The maximum atomic E-state index is 11.6. The molecule has 98 valence electrons. The average Bonchev–Trinajstić information content (AvgIpc) is 2.72. The van der Waals surface area contributed by atoms with Crippen LogP contribution in [0.25, 0.3) is 0 Å². The summed E-state index contributed by atoms with van der Waals surface area (Å²) in [5.74, 6) is -1.71. The zero-order valence-corrected chi connectivity index (χ0v) is 10.7. The highest BCUT2D eigenvalue weighted by Gasteiger charge is 2.11. The Balaban J connectivity index is 2.28. The van der Waals surface area contributed by atoms with E-state index >= 15 is 0 Å². The lowest BCUT2D eigenvalue weighted by atomic mass is 10.2. The molecule has 18 heavy (non-hydrogen) atoms. The van der Waals surface area contributed by atoms with Crippen molar-refractivity contribution >= 4 is 29.1 Å². The van der Waals surface area contributed by atoms with E-state index in [-0.39, 0.29) is 25.2 Å². The molecular formula is C11H14N2O4S. The number of aliphatic carboxylic acids is 1. The first-order chi connectivity index (χ1) is 8.50. The number of rotatable bonds is 5. The van der Waals surface area contributed by atoms with Crippen LogP contribution in [0.15, 0.2) is 11.4 Å². The molecule has 2 amide bonds. The molecular weight excluding hydrogens is 256 g/mol. The summed E-state index contributed by atoms with van der Waals surface area (Å²) >= 11 is 1.29. The summed E-state index contributed by atoms with van der Waals surface area (Å²) < 4.78 is 0. The van der Waals surface area contributed by atoms with Crippen LogP contribution in [0.2, 0.25) is 0 Å². The smallest absolute Gasteiger partial charge is 0.303 e. The highest BCUT2D eigenvalue weighted by Crippen LogP contribution is 2.14. The van der Waals surface area contributed by atoms with Gasteiger partial charge in [-0.2, -0.15) is 0 Å². The molecule has 0 fully saturated rings. The second kappa shape index (κ2) is 6.75. The van der Waals surface area contributed by atoms with Crippen molar-refractivity contribution in [1.82, 2.24) is 10.9 Å². The monoisotopic (exact) mass is 270 g/mol. The van der Waals surface area contributed by atoms with Gasteiger partial charge in [0.25, 0.3) is 5.91 Å². The zero-order valence-electron chi connectivity index (χ0n) is 9.86. The molecule has 0 spiro atoms. The first-order valence-electron chi connectivity index (χ1n) is 5.35. The third kappa shape index (κ3) is 4.54. The van der Waals surface area contributed by atoms with Gasteiger partial charge in [-0.25, -0.2) is 0 Å². The largest absolute Gasteiger partial charge is 0.481 e. The highest BCUT2D eigenvalue weighted by atomic mass is 32.1. The van der Waals surface area contributed by atoms with Crippen LogP contribution >= 0.6 is 11.3 Å². The van der Waals surface area contributed by atoms with Gasteiger partial charge in [-0.05, 0) is 30.4 Å². The van der Waals surface area contributed by atoms with Gasteiger partial charge in [-0.15, -0.1) is 11.3 Å². The minimum atomic E-state index is -0.943. The number of carboxylic acid groups (broad SMARTS) is 1. The van der Waals surface area contributed by atoms with E-state index in [1.807, 2.05) is 6.07 Å². The Labute approximate surface area is 108 Å². The molecule has 1 aromatic heterocycles. The molecule has 0 saturated carbocycles. The van der Waals surface area contributed by atoms with Gasteiger partial charge in [0.1, 0.15) is 0 Å². The number of carbonyl (C=O) groups excluding carboxylic acids is 2. The lowest BCUT2D eigenvalue weighted by Crippen LogP contribution is -2.41. The zero-order chi connectivity index (χ0) is 13.5. The minimum absolute atomic E-state index is 0.0641. The highest BCUT2D eigenvalue weighted by molar-refractivity contribution is 7.12. The maximum Gasteiger partial charge on any atom is 0.303 e. The quantitative estimate of drug-likeness (QED) is 0.697. The van der Waals surface area contributed by atoms with E-state index in [2.05, 4.69) is 10.9 Å². The van der Waals surface area contributed by atoms with Crippen LogP contribution in [-0.4, -0.2) is 22.9 Å². The Morgan fingerprint density at radius 3 is 2.56 bits per heavy atom. The topological polar surface area (TPSA) is 95.5 Å². The summed E-state index contributed by atoms with van der Waals surface area (Å²) in [6.07, 6.45) is 0.246. The lowest BCUT2D eigenvalue weighted by Gasteiger charge is -2.06. The van der Waals surface area contributed by atoms with Crippen LogP contribution in [0.3, 0.4) is 0 Å². The molecule has 0 atom stereocenters. The van der Waals surface area contributed by atoms with Crippen molar-refractivity contribution < 1.29 is 19.5 Å². The number of hydrogen-bond donors (Lipinski definition) is 3. The fraction of sp³-hybridized carbons (Fsp3) is 0.364. The number of aryl methyl sites for hydroxylation is 1. The Kier molecular flexibility index (Phi) is 5.31. The average molecular weight is 270 g/mol. The number of amides is 2. The van der Waals surface area contributed by atoms with Gasteiger partial charge in [-0.1, -0.05) is 0 Å². The predicted octanol–water partition coefficient (Wildman–Crippen LogP) is 1.07. The summed E-state index contributed by atoms with van der Waals surface area (Å²) in [7, 11) is 0. The number of nitrogens with one attached hydrogen (secondary N) is 2. The molecule has 0 unspecified atom stereocenters. The second-order valence-electron chi connectivity index (χ2n) is 3.68. The molecule has 1 rings (SSSR count). The maximum absolute atomic E-state index is 11.6. The summed E-state index contributed by atoms with van der Waals surface area (Å²) in [6, 6.07) is 1.81. The number of carboxylic acids is 1. The third-order valence-electron chi connectivity index (χ3n) is 2.18. The molecule has 0 aliphatic rings. The lowest BCUT2D eigenvalue weighted by molar-refractivity contribution is -0.137. The van der Waals surface area contributed by atoms with Crippen LogP contribution in [0, 0.1) is 6.92 Å². The summed E-state index contributed by atoms with van der Waals surface area (Å²) in [4.78, 5) is 33.7. The van der Waals surface area contributed by atoms with Gasteiger partial charge in [0.05, 0.1) is 4.88 Å². The first-order valence-corrected chi connectivity index (χ1v) is 6.23. The molecule has 0 aromatic carbocycles. The Hall–Kier alpha value is -1.89. The van der Waals surface area contributed by atoms with Gasteiger partial charge >= 0.3 is 5.97 Å². The Morgan fingerprint density at radius 2 is 2.00 bits per heavy atom. The van der Waals surface area contributed by atoms with E-state index < -0.39 is 11.9 Å². The summed E-state index contributed by atoms with van der Waals surface area (Å²) in [5, 5.41) is 10.2. The van der Waals surface area contributed by atoms with E-state index in [4.69, 9.17) is 5.11 Å². The molecule has 0 aliphatic carbocycles. The predicted molar refractivity (Wildman–Crippen MR) is 66.2 cm³/mol. The standard InChI is InChI=1S/C11H14N2O4S/c1-7-5-6-18-10(7)11(17)13-12-8(14)3-2-4-9(15)16/h5-6H,2-4H2,1H3,(H,12,14)(H,13,17)(H,15,16). The molecule has 0 saturated heterocycles. The Bertz CT molecular complexity index is 456. The molecule has 3 N–H and O–H groups in total. The van der Waals surface area contributed by atoms with Gasteiger partial charge in [0.2, 0.25) is 5.91 Å². The van der Waals surface area contributed by atoms with Crippen molar-refractivity contribution in [1.29, 1.82) is 0 Å². The third-order valence-corrected chi connectivity index (χ3v) is 3.19. The fourth-order valence-electron chi connectivity index (χ4n) is 1.25. The van der Waals surface area contributed by atoms with Crippen molar-refractivity contribution in [2.45, 2.75) is 26.2 Å². The first kappa shape index (κ1) is 14.2. The van der Waals surface area contributed by atoms with Crippen molar-refractivity contribution in [3.63, 3.8) is 0 Å². The minimum Gasteiger partial charge on any atom is -0.481 e. The van der Waals surface area contributed by atoms with Crippen LogP contribution in [-0.2, 0) is 9.59 Å². The van der Waals surface area contributed by atoms with Gasteiger partial charge in [0.15, 0.2) is 0 Å². The fourth-order valence-corrected chi connectivity index (χ4v) is 2.07. The molecule has 1 heterocycles. The van der Waals surface area contributed by atoms with Crippen LogP contribution < -0.4 is 10.9 Å². The number of thiophene rings is 1. The van der Waals surface area contributed by atoms with Gasteiger partial charge in [-0.3, -0.25) is 25.2 Å². The number of hydrazine groups is 1. The van der Waals surface area contributed by atoms with E-state index in [1.54, 1.807) is 12.3 Å². The van der Waals surface area contributed by atoms with Crippen molar-refractivity contribution in [2.24, 2.45) is 0 Å². The molecule has 1 aromatic rings. The SMILES string of the molecule is Cc1ccsc1C(=O)NNC(=O)CCCC(=O)O. The van der Waals surface area contributed by atoms with Crippen LogP contribution in [0.1, 0.15) is 34.5 Å². The van der Waals surface area contributed by atoms with E-state index in [0.717, 1.165) is 5.56 Å². The van der Waals surface area contributed by atoms with Crippen molar-refractivity contribution in [3.8, 4) is 0 Å².